The van der Waals surface area contributed by atoms with Gasteiger partial charge in [-0.25, -0.2) is 5.43 Å². The first kappa shape index (κ1) is 17.4. The van der Waals surface area contributed by atoms with Crippen molar-refractivity contribution in [2.45, 2.75) is 11.6 Å². The molecule has 0 spiro atoms. The van der Waals surface area contributed by atoms with E-state index in [2.05, 4.69) is 25.9 Å². The molecule has 1 aromatic carbocycles. The van der Waals surface area contributed by atoms with Crippen molar-refractivity contribution in [1.29, 1.82) is 0 Å². The molecule has 0 unspecified atom stereocenters. The number of rotatable bonds is 6. The third-order valence-electron chi connectivity index (χ3n) is 3.01. The van der Waals surface area contributed by atoms with Crippen LogP contribution in [0.5, 0.6) is 0 Å². The molecule has 2 aromatic heterocycles. The molecule has 0 aliphatic rings. The summed E-state index contributed by atoms with van der Waals surface area (Å²) in [6.07, 6.45) is 1.08. The Hall–Kier alpha value is -3.38. The number of hydrogen-bond donors (Lipinski definition) is 2. The van der Waals surface area contributed by atoms with Crippen molar-refractivity contribution in [3.05, 3.63) is 48.2 Å². The second-order valence-electron chi connectivity index (χ2n) is 4.93. The summed E-state index contributed by atoms with van der Waals surface area (Å²) in [7, 11) is -4.43. The van der Waals surface area contributed by atoms with E-state index >= 15 is 0 Å². The molecule has 0 aliphatic carbocycles. The van der Waals surface area contributed by atoms with Crippen LogP contribution in [0.3, 0.4) is 0 Å². The van der Waals surface area contributed by atoms with Gasteiger partial charge in [-0.2, -0.15) is 18.3 Å². The first-order chi connectivity index (χ1) is 12.4. The van der Waals surface area contributed by atoms with Gasteiger partial charge in [0.2, 0.25) is 10.9 Å². The van der Waals surface area contributed by atoms with Gasteiger partial charge in [0.25, 0.3) is 5.91 Å². The molecule has 2 N–H and O–H groups in total. The Labute approximate surface area is 147 Å². The second-order valence-corrected chi connectivity index (χ2v) is 6.29. The Balaban J connectivity index is 1.56. The van der Waals surface area contributed by atoms with E-state index in [1.807, 2.05) is 30.3 Å². The van der Waals surface area contributed by atoms with E-state index in [0.29, 0.717) is 5.82 Å². The van der Waals surface area contributed by atoms with Gasteiger partial charge in [0.15, 0.2) is 0 Å². The SMILES string of the molecule is O=C(Cn1nnc(-c2ccccc2)n1)N/N=C\c1ccc(S(=O)(=O)O)o1. The predicted octanol–water partition coefficient (Wildman–Crippen LogP) is 0.330. The molecule has 26 heavy (non-hydrogen) atoms. The zero-order chi connectivity index (χ0) is 18.6. The zero-order valence-electron chi connectivity index (χ0n) is 13.1. The van der Waals surface area contributed by atoms with E-state index in [0.717, 1.165) is 22.6 Å². The van der Waals surface area contributed by atoms with Gasteiger partial charge < -0.3 is 4.42 Å². The van der Waals surface area contributed by atoms with Crippen LogP contribution >= 0.6 is 0 Å². The Morgan fingerprint density at radius 1 is 1.27 bits per heavy atom. The third kappa shape index (κ3) is 4.37. The molecule has 0 aliphatic heterocycles. The van der Waals surface area contributed by atoms with E-state index in [-0.39, 0.29) is 12.3 Å². The molecule has 0 saturated heterocycles. The smallest absolute Gasteiger partial charge is 0.328 e. The minimum atomic E-state index is -4.43. The minimum absolute atomic E-state index is 0.0307. The second kappa shape index (κ2) is 7.25. The Bertz CT molecular complexity index is 1040. The van der Waals surface area contributed by atoms with Crippen molar-refractivity contribution in [3.8, 4) is 11.4 Å². The number of hydrogen-bond acceptors (Lipinski definition) is 8. The minimum Gasteiger partial charge on any atom is -0.441 e. The maximum Gasteiger partial charge on any atom is 0.328 e. The molecule has 0 atom stereocenters. The first-order valence-electron chi connectivity index (χ1n) is 7.14. The average molecular weight is 376 g/mol. The highest BCUT2D eigenvalue weighted by Crippen LogP contribution is 2.12. The van der Waals surface area contributed by atoms with Crippen molar-refractivity contribution in [1.82, 2.24) is 25.6 Å². The molecule has 3 rings (SSSR count). The summed E-state index contributed by atoms with van der Waals surface area (Å²) >= 11 is 0. The molecule has 2 heterocycles. The summed E-state index contributed by atoms with van der Waals surface area (Å²) in [6, 6.07) is 11.5. The molecular weight excluding hydrogens is 364 g/mol. The van der Waals surface area contributed by atoms with Crippen molar-refractivity contribution >= 4 is 22.2 Å². The number of amides is 1. The predicted molar refractivity (Wildman–Crippen MR) is 87.5 cm³/mol. The Kier molecular flexibility index (Phi) is 4.86. The fourth-order valence-corrected chi connectivity index (χ4v) is 2.33. The van der Waals surface area contributed by atoms with E-state index < -0.39 is 21.1 Å². The summed E-state index contributed by atoms with van der Waals surface area (Å²) in [5.74, 6) is -0.113. The largest absolute Gasteiger partial charge is 0.441 e. The number of benzene rings is 1. The molecule has 12 heteroatoms. The van der Waals surface area contributed by atoms with Gasteiger partial charge in [0, 0.05) is 5.56 Å². The zero-order valence-corrected chi connectivity index (χ0v) is 13.9. The lowest BCUT2D eigenvalue weighted by Gasteiger charge is -1.97. The van der Waals surface area contributed by atoms with E-state index in [4.69, 9.17) is 8.97 Å². The van der Waals surface area contributed by atoms with Crippen LogP contribution in [-0.2, 0) is 21.5 Å². The quantitative estimate of drug-likeness (QED) is 0.354. The van der Waals surface area contributed by atoms with Crippen molar-refractivity contribution < 1.29 is 22.2 Å². The Morgan fingerprint density at radius 2 is 2.04 bits per heavy atom. The molecule has 3 aromatic rings. The molecular formula is C14H12N6O5S. The fraction of sp³-hybridized carbons (Fsp3) is 0.0714. The van der Waals surface area contributed by atoms with Gasteiger partial charge in [0.1, 0.15) is 12.3 Å². The summed E-state index contributed by atoms with van der Waals surface area (Å²) in [4.78, 5) is 12.9. The standard InChI is InChI=1S/C14H12N6O5S/c21-12(16-15-8-11-6-7-13(25-11)26(22,23)24)9-20-18-14(17-19-20)10-4-2-1-3-5-10/h1-8H,9H2,(H,16,21)(H,22,23,24)/b15-8-. The van der Waals surface area contributed by atoms with Crippen LogP contribution < -0.4 is 5.43 Å². The van der Waals surface area contributed by atoms with Crippen LogP contribution in [0.2, 0.25) is 0 Å². The summed E-state index contributed by atoms with van der Waals surface area (Å²) in [5.41, 5.74) is 2.97. The molecule has 1 amide bonds. The highest BCUT2D eigenvalue weighted by Gasteiger charge is 2.14. The lowest BCUT2D eigenvalue weighted by Crippen LogP contribution is -2.24. The molecule has 0 bridgehead atoms. The van der Waals surface area contributed by atoms with Gasteiger partial charge in [-0.1, -0.05) is 30.3 Å². The van der Waals surface area contributed by atoms with Gasteiger partial charge >= 0.3 is 10.1 Å². The van der Waals surface area contributed by atoms with Crippen molar-refractivity contribution in [2.24, 2.45) is 5.10 Å². The number of nitrogens with zero attached hydrogens (tertiary/aromatic N) is 5. The first-order valence-corrected chi connectivity index (χ1v) is 8.58. The number of carbonyl (C=O) groups is 1. The van der Waals surface area contributed by atoms with Crippen molar-refractivity contribution in [3.63, 3.8) is 0 Å². The molecule has 11 nitrogen and oxygen atoms in total. The highest BCUT2D eigenvalue weighted by molar-refractivity contribution is 7.85. The molecule has 0 radical (unpaired) electrons. The van der Waals surface area contributed by atoms with E-state index in [1.54, 1.807) is 0 Å². The van der Waals surface area contributed by atoms with Crippen LogP contribution in [0, 0.1) is 0 Å². The summed E-state index contributed by atoms with van der Waals surface area (Å²) in [5, 5.41) is 14.7. The van der Waals surface area contributed by atoms with Crippen molar-refractivity contribution in [2.75, 3.05) is 0 Å². The lowest BCUT2D eigenvalue weighted by atomic mass is 10.2. The highest BCUT2D eigenvalue weighted by atomic mass is 32.2. The van der Waals surface area contributed by atoms with Crippen LogP contribution in [0.15, 0.2) is 57.1 Å². The number of nitrogens with one attached hydrogen (secondary N) is 1. The number of hydrazone groups is 1. The van der Waals surface area contributed by atoms with Crippen LogP contribution in [0.1, 0.15) is 5.76 Å². The van der Waals surface area contributed by atoms with Gasteiger partial charge in [0.05, 0.1) is 6.21 Å². The summed E-state index contributed by atoms with van der Waals surface area (Å²) < 4.78 is 35.3. The molecule has 0 fully saturated rings. The maximum absolute atomic E-state index is 11.8. The molecule has 134 valence electrons. The lowest BCUT2D eigenvalue weighted by molar-refractivity contribution is -0.122. The maximum atomic E-state index is 11.8. The van der Waals surface area contributed by atoms with Gasteiger partial charge in [-0.05, 0) is 17.3 Å². The van der Waals surface area contributed by atoms with Gasteiger partial charge in [-0.3, -0.25) is 9.35 Å². The van der Waals surface area contributed by atoms with E-state index in [1.165, 1.54) is 6.07 Å². The van der Waals surface area contributed by atoms with Crippen LogP contribution in [0.25, 0.3) is 11.4 Å². The van der Waals surface area contributed by atoms with Crippen LogP contribution in [0.4, 0.5) is 0 Å². The van der Waals surface area contributed by atoms with E-state index in [9.17, 15) is 13.2 Å². The topological polar surface area (TPSA) is 153 Å². The molecule has 0 saturated carbocycles. The number of tetrazole rings is 1. The Morgan fingerprint density at radius 3 is 2.73 bits per heavy atom. The average Bonchev–Trinajstić information content (AvgIpc) is 3.25. The summed E-state index contributed by atoms with van der Waals surface area (Å²) in [6.45, 7) is -0.217. The normalized spacial score (nSPS) is 11.7. The third-order valence-corrected chi connectivity index (χ3v) is 3.74. The number of carbonyl (C=O) groups excluding carboxylic acids is 1. The monoisotopic (exact) mass is 376 g/mol. The fourth-order valence-electron chi connectivity index (χ4n) is 1.89. The van der Waals surface area contributed by atoms with Crippen LogP contribution in [-0.4, -0.2) is 45.3 Å². The number of aromatic nitrogens is 4. The number of furan rings is 1. The van der Waals surface area contributed by atoms with Gasteiger partial charge in [-0.15, -0.1) is 10.2 Å².